The van der Waals surface area contributed by atoms with Crippen molar-refractivity contribution in [2.75, 3.05) is 44.6 Å². The highest BCUT2D eigenvalue weighted by molar-refractivity contribution is 5.94. The Bertz CT molecular complexity index is 1490. The van der Waals surface area contributed by atoms with E-state index in [0.717, 1.165) is 70.1 Å². The van der Waals surface area contributed by atoms with Crippen molar-refractivity contribution in [3.05, 3.63) is 107 Å². The number of hydrogen-bond donors (Lipinski definition) is 1. The number of aliphatic hydroxyl groups excluding tert-OH is 1. The minimum Gasteiger partial charge on any atom is -0.396 e. The summed E-state index contributed by atoms with van der Waals surface area (Å²) in [7, 11) is 8.16. The first kappa shape index (κ1) is 26.9. The van der Waals surface area contributed by atoms with Crippen LogP contribution in [0.3, 0.4) is 0 Å². The Labute approximate surface area is 227 Å². The molecule has 38 heavy (non-hydrogen) atoms. The fourth-order valence-corrected chi connectivity index (χ4v) is 4.45. The van der Waals surface area contributed by atoms with Crippen molar-refractivity contribution >= 4 is 22.1 Å². The van der Waals surface area contributed by atoms with Gasteiger partial charge in [0.1, 0.15) is 0 Å². The van der Waals surface area contributed by atoms with Crippen molar-refractivity contribution in [2.45, 2.75) is 25.7 Å². The topological polar surface area (TPSA) is 26.7 Å². The first-order valence-electron chi connectivity index (χ1n) is 13.2. The van der Waals surface area contributed by atoms with Crippen LogP contribution in [-0.4, -0.2) is 39.9 Å². The molecule has 0 aliphatic carbocycles. The van der Waals surface area contributed by atoms with Crippen LogP contribution < -0.4 is 9.80 Å². The molecular weight excluding hydrogens is 464 g/mol. The average molecular weight is 501 g/mol. The van der Waals surface area contributed by atoms with E-state index < -0.39 is 0 Å². The molecule has 0 bridgehead atoms. The standard InChI is InChI=1S/C35H36N2O/c1-36(2)31-20-14-27(15-21-31)13-19-30-26-29(10-6-5-9-25-38)34(35-12-8-7-11-33(30)35)24-18-28-16-22-32(23-17-28)37(3)4/h7-8,11-12,14-17,20-23,26,38H,5-6,9-10,25H2,1-4H3. The van der Waals surface area contributed by atoms with E-state index in [0.29, 0.717) is 0 Å². The number of aryl methyl sites for hydroxylation is 1. The zero-order valence-electron chi connectivity index (χ0n) is 22.9. The zero-order valence-corrected chi connectivity index (χ0v) is 22.9. The molecule has 3 nitrogen and oxygen atoms in total. The number of anilines is 2. The fourth-order valence-electron chi connectivity index (χ4n) is 4.45. The molecule has 4 rings (SSSR count). The highest BCUT2D eigenvalue weighted by Crippen LogP contribution is 2.27. The van der Waals surface area contributed by atoms with Gasteiger partial charge in [0, 0.05) is 68.4 Å². The Morgan fingerprint density at radius 2 is 1.16 bits per heavy atom. The van der Waals surface area contributed by atoms with Gasteiger partial charge in [0.2, 0.25) is 0 Å². The highest BCUT2D eigenvalue weighted by Gasteiger charge is 2.10. The maximum absolute atomic E-state index is 9.25. The molecule has 3 heteroatoms. The van der Waals surface area contributed by atoms with Crippen LogP contribution >= 0.6 is 0 Å². The number of fused-ring (bicyclic) bond motifs is 1. The van der Waals surface area contributed by atoms with Gasteiger partial charge in [-0.05, 0) is 90.2 Å². The van der Waals surface area contributed by atoms with Crippen LogP contribution in [-0.2, 0) is 6.42 Å². The molecule has 0 fully saturated rings. The van der Waals surface area contributed by atoms with E-state index in [-0.39, 0.29) is 6.61 Å². The van der Waals surface area contributed by atoms with Gasteiger partial charge in [0.25, 0.3) is 0 Å². The molecule has 0 amide bonds. The maximum atomic E-state index is 9.25. The number of hydrogen-bond acceptors (Lipinski definition) is 3. The highest BCUT2D eigenvalue weighted by atomic mass is 16.2. The van der Waals surface area contributed by atoms with Crippen molar-refractivity contribution in [2.24, 2.45) is 0 Å². The second-order valence-corrected chi connectivity index (χ2v) is 9.92. The molecule has 0 unspecified atom stereocenters. The van der Waals surface area contributed by atoms with E-state index in [1.54, 1.807) is 0 Å². The molecule has 1 N–H and O–H groups in total. The summed E-state index contributed by atoms with van der Waals surface area (Å²) in [5, 5.41) is 11.5. The van der Waals surface area contributed by atoms with Gasteiger partial charge in [-0.25, -0.2) is 0 Å². The van der Waals surface area contributed by atoms with Gasteiger partial charge < -0.3 is 14.9 Å². The third-order valence-electron chi connectivity index (χ3n) is 6.67. The Kier molecular flexibility index (Phi) is 9.10. The molecule has 4 aromatic carbocycles. The third-order valence-corrected chi connectivity index (χ3v) is 6.67. The Morgan fingerprint density at radius 1 is 0.605 bits per heavy atom. The van der Waals surface area contributed by atoms with Crippen LogP contribution in [0.25, 0.3) is 10.8 Å². The minimum absolute atomic E-state index is 0.233. The Morgan fingerprint density at radius 3 is 1.71 bits per heavy atom. The third kappa shape index (κ3) is 6.77. The van der Waals surface area contributed by atoms with Crippen LogP contribution in [0.2, 0.25) is 0 Å². The molecule has 0 atom stereocenters. The molecule has 0 heterocycles. The summed E-state index contributed by atoms with van der Waals surface area (Å²) in [6.07, 6.45) is 3.72. The second-order valence-electron chi connectivity index (χ2n) is 9.92. The molecule has 192 valence electrons. The lowest BCUT2D eigenvalue weighted by molar-refractivity contribution is 0.283. The molecule has 0 saturated carbocycles. The lowest BCUT2D eigenvalue weighted by Gasteiger charge is -2.12. The first-order chi connectivity index (χ1) is 18.5. The summed E-state index contributed by atoms with van der Waals surface area (Å²) in [6.45, 7) is 0.233. The summed E-state index contributed by atoms with van der Waals surface area (Å²) < 4.78 is 0. The van der Waals surface area contributed by atoms with Crippen molar-refractivity contribution in [3.8, 4) is 23.7 Å². The van der Waals surface area contributed by atoms with Crippen molar-refractivity contribution in [1.82, 2.24) is 0 Å². The predicted octanol–water partition coefficient (Wildman–Crippen LogP) is 6.48. The monoisotopic (exact) mass is 500 g/mol. The van der Waals surface area contributed by atoms with Gasteiger partial charge in [0.05, 0.1) is 0 Å². The van der Waals surface area contributed by atoms with E-state index in [2.05, 4.69) is 112 Å². The van der Waals surface area contributed by atoms with Crippen LogP contribution in [0.15, 0.2) is 78.9 Å². The number of unbranched alkanes of at least 4 members (excludes halogenated alkanes) is 2. The number of rotatable bonds is 7. The Balaban J connectivity index is 1.76. The van der Waals surface area contributed by atoms with Gasteiger partial charge in [-0.1, -0.05) is 54.4 Å². The molecule has 0 spiro atoms. The van der Waals surface area contributed by atoms with E-state index in [1.807, 2.05) is 28.2 Å². The first-order valence-corrected chi connectivity index (χ1v) is 13.2. The summed E-state index contributed by atoms with van der Waals surface area (Å²) >= 11 is 0. The summed E-state index contributed by atoms with van der Waals surface area (Å²) in [6, 6.07) is 27.3. The number of nitrogens with zero attached hydrogens (tertiary/aromatic N) is 2. The minimum atomic E-state index is 0.233. The summed E-state index contributed by atoms with van der Waals surface area (Å²) in [4.78, 5) is 4.18. The van der Waals surface area contributed by atoms with Gasteiger partial charge in [-0.2, -0.15) is 0 Å². The van der Waals surface area contributed by atoms with Gasteiger partial charge in [-0.3, -0.25) is 0 Å². The van der Waals surface area contributed by atoms with Crippen LogP contribution in [0.5, 0.6) is 0 Å². The largest absolute Gasteiger partial charge is 0.396 e. The molecule has 4 aromatic rings. The molecule has 0 aromatic heterocycles. The van der Waals surface area contributed by atoms with Crippen molar-refractivity contribution in [1.29, 1.82) is 0 Å². The zero-order chi connectivity index (χ0) is 26.9. The quantitative estimate of drug-likeness (QED) is 0.233. The lowest BCUT2D eigenvalue weighted by atomic mass is 9.92. The normalized spacial score (nSPS) is 10.3. The summed E-state index contributed by atoms with van der Waals surface area (Å²) in [5.41, 5.74) is 7.62. The molecule has 0 saturated heterocycles. The van der Waals surface area contributed by atoms with E-state index in [1.165, 1.54) is 5.56 Å². The fraction of sp³-hybridized carbons (Fsp3) is 0.257. The molecule has 0 aliphatic rings. The second kappa shape index (κ2) is 12.9. The predicted molar refractivity (Wildman–Crippen MR) is 162 cm³/mol. The SMILES string of the molecule is CN(C)c1ccc(C#Cc2cc(CCCCCO)c(C#Cc3ccc(N(C)C)cc3)c3ccccc23)cc1. The van der Waals surface area contributed by atoms with Crippen LogP contribution in [0.4, 0.5) is 11.4 Å². The van der Waals surface area contributed by atoms with Crippen LogP contribution in [0.1, 0.15) is 47.1 Å². The van der Waals surface area contributed by atoms with Crippen molar-refractivity contribution < 1.29 is 5.11 Å². The molecule has 0 radical (unpaired) electrons. The van der Waals surface area contributed by atoms with Crippen LogP contribution in [0, 0.1) is 23.7 Å². The Hall–Kier alpha value is -4.18. The number of benzene rings is 4. The van der Waals surface area contributed by atoms with Crippen molar-refractivity contribution in [3.63, 3.8) is 0 Å². The number of aliphatic hydroxyl groups is 1. The van der Waals surface area contributed by atoms with Gasteiger partial charge in [-0.15, -0.1) is 0 Å². The molecule has 0 aliphatic heterocycles. The van der Waals surface area contributed by atoms with E-state index in [4.69, 9.17) is 0 Å². The van der Waals surface area contributed by atoms with Gasteiger partial charge >= 0.3 is 0 Å². The molecular formula is C35H36N2O. The van der Waals surface area contributed by atoms with E-state index in [9.17, 15) is 5.11 Å². The smallest absolute Gasteiger partial charge is 0.0431 e. The van der Waals surface area contributed by atoms with E-state index >= 15 is 0 Å². The summed E-state index contributed by atoms with van der Waals surface area (Å²) in [5.74, 6) is 13.7. The van der Waals surface area contributed by atoms with Gasteiger partial charge in [0.15, 0.2) is 0 Å². The lowest BCUT2D eigenvalue weighted by Crippen LogP contribution is -2.07. The maximum Gasteiger partial charge on any atom is 0.0431 e. The average Bonchev–Trinajstić information content (AvgIpc) is 2.94.